The maximum absolute atomic E-state index is 12.4. The van der Waals surface area contributed by atoms with Crippen molar-refractivity contribution >= 4 is 17.5 Å². The fraction of sp³-hybridized carbons (Fsp3) is 0.111. The molecule has 2 amide bonds. The summed E-state index contributed by atoms with van der Waals surface area (Å²) in [4.78, 5) is 35.8. The molecular weight excluding hydrogens is 334 g/mol. The highest BCUT2D eigenvalue weighted by atomic mass is 16.2. The van der Waals surface area contributed by atoms with Crippen molar-refractivity contribution in [1.82, 2.24) is 14.3 Å². The highest BCUT2D eigenvalue weighted by Gasteiger charge is 2.13. The Labute approximate surface area is 148 Å². The number of anilines is 1. The predicted molar refractivity (Wildman–Crippen MR) is 95.6 cm³/mol. The van der Waals surface area contributed by atoms with Crippen molar-refractivity contribution in [2.24, 2.45) is 5.73 Å². The Balaban J connectivity index is 1.78. The SMILES string of the molecule is NC(=O)Cn1cccc(C(=O)Nc2cccc(Cn3cccn3)c2)c1=O. The van der Waals surface area contributed by atoms with Crippen LogP contribution in [0.2, 0.25) is 0 Å². The van der Waals surface area contributed by atoms with E-state index >= 15 is 0 Å². The number of pyridine rings is 1. The first-order chi connectivity index (χ1) is 12.5. The van der Waals surface area contributed by atoms with Crippen LogP contribution >= 0.6 is 0 Å². The van der Waals surface area contributed by atoms with Crippen molar-refractivity contribution in [3.8, 4) is 0 Å². The lowest BCUT2D eigenvalue weighted by atomic mass is 10.2. The third kappa shape index (κ3) is 4.04. The molecule has 2 aromatic heterocycles. The number of rotatable bonds is 6. The standard InChI is InChI=1S/C18H17N5O3/c19-16(24)12-22-8-2-6-15(18(22)26)17(25)21-14-5-1-4-13(10-14)11-23-9-3-7-20-23/h1-10H,11-12H2,(H2,19,24)(H,21,25). The van der Waals surface area contributed by atoms with Gasteiger partial charge in [-0.1, -0.05) is 12.1 Å². The molecule has 0 aliphatic rings. The zero-order valence-corrected chi connectivity index (χ0v) is 13.8. The minimum absolute atomic E-state index is 0.0637. The van der Waals surface area contributed by atoms with Gasteiger partial charge < -0.3 is 15.6 Å². The second-order valence-electron chi connectivity index (χ2n) is 5.68. The van der Waals surface area contributed by atoms with Crippen LogP contribution in [0.25, 0.3) is 0 Å². The van der Waals surface area contributed by atoms with Gasteiger partial charge in [-0.2, -0.15) is 5.10 Å². The van der Waals surface area contributed by atoms with Gasteiger partial charge in [-0.25, -0.2) is 0 Å². The van der Waals surface area contributed by atoms with Crippen molar-refractivity contribution < 1.29 is 9.59 Å². The summed E-state index contributed by atoms with van der Waals surface area (Å²) in [5.41, 5.74) is 5.98. The molecule has 8 nitrogen and oxygen atoms in total. The van der Waals surface area contributed by atoms with Crippen LogP contribution in [0.5, 0.6) is 0 Å². The zero-order valence-electron chi connectivity index (χ0n) is 13.8. The number of primary amides is 1. The maximum atomic E-state index is 12.4. The van der Waals surface area contributed by atoms with Gasteiger partial charge in [0.2, 0.25) is 5.91 Å². The van der Waals surface area contributed by atoms with Gasteiger partial charge in [-0.15, -0.1) is 0 Å². The lowest BCUT2D eigenvalue weighted by Gasteiger charge is -2.09. The van der Waals surface area contributed by atoms with Gasteiger partial charge in [-0.3, -0.25) is 19.1 Å². The maximum Gasteiger partial charge on any atom is 0.263 e. The molecule has 0 saturated heterocycles. The fourth-order valence-corrected chi connectivity index (χ4v) is 2.53. The van der Waals surface area contributed by atoms with Gasteiger partial charge in [0, 0.05) is 24.3 Å². The van der Waals surface area contributed by atoms with Crippen LogP contribution in [0.15, 0.2) is 65.8 Å². The van der Waals surface area contributed by atoms with Crippen LogP contribution in [-0.4, -0.2) is 26.2 Å². The summed E-state index contributed by atoms with van der Waals surface area (Å²) in [5.74, 6) is -1.21. The minimum atomic E-state index is -0.656. The molecule has 2 heterocycles. The molecular formula is C18H17N5O3. The van der Waals surface area contributed by atoms with E-state index in [-0.39, 0.29) is 12.1 Å². The molecule has 3 rings (SSSR count). The van der Waals surface area contributed by atoms with Crippen molar-refractivity contribution in [3.63, 3.8) is 0 Å². The van der Waals surface area contributed by atoms with E-state index in [1.807, 2.05) is 30.5 Å². The smallest absolute Gasteiger partial charge is 0.263 e. The van der Waals surface area contributed by atoms with Crippen LogP contribution in [-0.2, 0) is 17.9 Å². The number of aromatic nitrogens is 3. The third-order valence-corrected chi connectivity index (χ3v) is 3.68. The molecule has 0 spiro atoms. The van der Waals surface area contributed by atoms with Gasteiger partial charge in [0.1, 0.15) is 12.1 Å². The molecule has 1 aromatic carbocycles. The minimum Gasteiger partial charge on any atom is -0.368 e. The van der Waals surface area contributed by atoms with Crippen molar-refractivity contribution in [2.75, 3.05) is 5.32 Å². The lowest BCUT2D eigenvalue weighted by Crippen LogP contribution is -2.32. The summed E-state index contributed by atoms with van der Waals surface area (Å²) < 4.78 is 2.87. The topological polar surface area (TPSA) is 112 Å². The summed E-state index contributed by atoms with van der Waals surface area (Å²) in [6, 6.07) is 12.0. The summed E-state index contributed by atoms with van der Waals surface area (Å²) in [5, 5.41) is 6.84. The molecule has 132 valence electrons. The Morgan fingerprint density at radius 2 is 1.96 bits per heavy atom. The Morgan fingerprint density at radius 3 is 2.69 bits per heavy atom. The monoisotopic (exact) mass is 351 g/mol. The van der Waals surface area contributed by atoms with E-state index in [4.69, 9.17) is 5.73 Å². The quantitative estimate of drug-likeness (QED) is 0.685. The number of nitrogens with two attached hydrogens (primary N) is 1. The molecule has 0 aliphatic heterocycles. The molecule has 0 bridgehead atoms. The van der Waals surface area contributed by atoms with Gasteiger partial charge in [0.05, 0.1) is 6.54 Å². The van der Waals surface area contributed by atoms with Gasteiger partial charge >= 0.3 is 0 Å². The molecule has 0 atom stereocenters. The first kappa shape index (κ1) is 17.2. The molecule has 0 radical (unpaired) electrons. The highest BCUT2D eigenvalue weighted by Crippen LogP contribution is 2.12. The van der Waals surface area contributed by atoms with Crippen molar-refractivity contribution in [3.05, 3.63) is 82.5 Å². The van der Waals surface area contributed by atoms with Gasteiger partial charge in [-0.05, 0) is 35.9 Å². The predicted octanol–water partition coefficient (Wildman–Crippen LogP) is 0.831. The number of nitrogens with one attached hydrogen (secondary N) is 1. The Kier molecular flexibility index (Phi) is 4.93. The van der Waals surface area contributed by atoms with Crippen LogP contribution in [0.1, 0.15) is 15.9 Å². The van der Waals surface area contributed by atoms with Crippen molar-refractivity contribution in [1.29, 1.82) is 0 Å². The Bertz CT molecular complexity index is 992. The average molecular weight is 351 g/mol. The van der Waals surface area contributed by atoms with E-state index in [2.05, 4.69) is 10.4 Å². The van der Waals surface area contributed by atoms with Crippen LogP contribution in [0.3, 0.4) is 0 Å². The average Bonchev–Trinajstić information content (AvgIpc) is 3.09. The van der Waals surface area contributed by atoms with E-state index in [1.54, 1.807) is 16.9 Å². The first-order valence-corrected chi connectivity index (χ1v) is 7.88. The first-order valence-electron chi connectivity index (χ1n) is 7.88. The summed E-state index contributed by atoms with van der Waals surface area (Å²) in [7, 11) is 0. The molecule has 0 aliphatic carbocycles. The second kappa shape index (κ2) is 7.47. The highest BCUT2D eigenvalue weighted by molar-refractivity contribution is 6.04. The molecule has 0 unspecified atom stereocenters. The van der Waals surface area contributed by atoms with E-state index < -0.39 is 17.4 Å². The normalized spacial score (nSPS) is 10.5. The van der Waals surface area contributed by atoms with Crippen LogP contribution in [0.4, 0.5) is 5.69 Å². The van der Waals surface area contributed by atoms with Crippen LogP contribution in [0, 0.1) is 0 Å². The van der Waals surface area contributed by atoms with E-state index in [0.717, 1.165) is 10.1 Å². The molecule has 3 N–H and O–H groups in total. The Morgan fingerprint density at radius 1 is 1.12 bits per heavy atom. The number of nitrogens with zero attached hydrogens (tertiary/aromatic N) is 3. The zero-order chi connectivity index (χ0) is 18.5. The number of carbonyl (C=O) groups excluding carboxylic acids is 2. The van der Waals surface area contributed by atoms with Gasteiger partial charge in [0.15, 0.2) is 0 Å². The summed E-state index contributed by atoms with van der Waals surface area (Å²) >= 11 is 0. The molecule has 0 fully saturated rings. The number of carbonyl (C=O) groups is 2. The van der Waals surface area contributed by atoms with Crippen molar-refractivity contribution in [2.45, 2.75) is 13.1 Å². The number of hydrogen-bond acceptors (Lipinski definition) is 4. The van der Waals surface area contributed by atoms with E-state index in [0.29, 0.717) is 12.2 Å². The fourth-order valence-electron chi connectivity index (χ4n) is 2.53. The van der Waals surface area contributed by atoms with E-state index in [9.17, 15) is 14.4 Å². The number of hydrogen-bond donors (Lipinski definition) is 2. The largest absolute Gasteiger partial charge is 0.368 e. The summed E-state index contributed by atoms with van der Waals surface area (Å²) in [6.45, 7) is 0.284. The molecule has 3 aromatic rings. The number of benzene rings is 1. The lowest BCUT2D eigenvalue weighted by molar-refractivity contribution is -0.118. The third-order valence-electron chi connectivity index (χ3n) is 3.68. The summed E-state index contributed by atoms with van der Waals surface area (Å²) in [6.07, 6.45) is 4.95. The van der Waals surface area contributed by atoms with E-state index in [1.165, 1.54) is 18.3 Å². The molecule has 0 saturated carbocycles. The second-order valence-corrected chi connectivity index (χ2v) is 5.68. The van der Waals surface area contributed by atoms with Gasteiger partial charge in [0.25, 0.3) is 11.5 Å². The number of amides is 2. The van der Waals surface area contributed by atoms with Crippen LogP contribution < -0.4 is 16.6 Å². The molecule has 26 heavy (non-hydrogen) atoms. The molecule has 8 heteroatoms. The Hall–Kier alpha value is -3.68.